The molecule has 0 bridgehead atoms. The van der Waals surface area contributed by atoms with Crippen LogP contribution in [-0.4, -0.2) is 18.3 Å². The highest BCUT2D eigenvalue weighted by molar-refractivity contribution is 7.89. The number of nitrogens with one attached hydrogen (secondary N) is 1. The number of sulfonamides is 1. The van der Waals surface area contributed by atoms with E-state index < -0.39 is 20.6 Å². The van der Waals surface area contributed by atoms with Crippen molar-refractivity contribution in [2.45, 2.75) is 18.4 Å². The van der Waals surface area contributed by atoms with Gasteiger partial charge in [-0.2, -0.15) is 0 Å². The maximum atomic E-state index is 12.1. The zero-order valence-corrected chi connectivity index (χ0v) is 13.1. The fourth-order valence-electron chi connectivity index (χ4n) is 1.52. The second-order valence-corrected chi connectivity index (χ2v) is 7.55. The standard InChI is InChI=1S/C11H10ClN3O4S2/c1-7-5-13-11(20-7)6-14-21(18,19)8-2-3-9(12)10(4-8)15(16)17/h2-5,14H,6H2,1H3. The smallest absolute Gasteiger partial charge is 0.258 e. The number of hydrogen-bond acceptors (Lipinski definition) is 6. The second kappa shape index (κ2) is 6.06. The third kappa shape index (κ3) is 3.76. The second-order valence-electron chi connectivity index (χ2n) is 4.06. The van der Waals surface area contributed by atoms with Crippen molar-refractivity contribution >= 4 is 38.6 Å². The van der Waals surface area contributed by atoms with Gasteiger partial charge in [-0.15, -0.1) is 11.3 Å². The Labute approximate surface area is 129 Å². The van der Waals surface area contributed by atoms with Crippen LogP contribution in [0.25, 0.3) is 0 Å². The highest BCUT2D eigenvalue weighted by Gasteiger charge is 2.20. The molecule has 0 spiro atoms. The number of nitro benzene ring substituents is 1. The van der Waals surface area contributed by atoms with Gasteiger partial charge in [-0.3, -0.25) is 10.1 Å². The molecule has 7 nitrogen and oxygen atoms in total. The largest absolute Gasteiger partial charge is 0.289 e. The lowest BCUT2D eigenvalue weighted by Crippen LogP contribution is -2.23. The summed E-state index contributed by atoms with van der Waals surface area (Å²) in [4.78, 5) is 14.8. The van der Waals surface area contributed by atoms with Crippen molar-refractivity contribution in [3.63, 3.8) is 0 Å². The van der Waals surface area contributed by atoms with E-state index in [0.717, 1.165) is 10.9 Å². The molecule has 1 aromatic heterocycles. The predicted octanol–water partition coefficient (Wildman–Crippen LogP) is 2.49. The molecule has 0 saturated heterocycles. The quantitative estimate of drug-likeness (QED) is 0.661. The molecule has 0 aliphatic rings. The minimum atomic E-state index is -3.87. The molecule has 21 heavy (non-hydrogen) atoms. The van der Waals surface area contributed by atoms with Crippen LogP contribution in [0.3, 0.4) is 0 Å². The van der Waals surface area contributed by atoms with Gasteiger partial charge >= 0.3 is 0 Å². The molecule has 112 valence electrons. The van der Waals surface area contributed by atoms with E-state index in [1.807, 2.05) is 6.92 Å². The van der Waals surface area contributed by atoms with Crippen molar-refractivity contribution in [3.05, 3.63) is 49.4 Å². The van der Waals surface area contributed by atoms with Gasteiger partial charge in [0, 0.05) is 17.1 Å². The summed E-state index contributed by atoms with van der Waals surface area (Å²) in [5.41, 5.74) is -0.454. The summed E-state index contributed by atoms with van der Waals surface area (Å²) in [5.74, 6) is 0. The number of thiazole rings is 1. The van der Waals surface area contributed by atoms with E-state index in [1.165, 1.54) is 23.5 Å². The number of halogens is 1. The maximum Gasteiger partial charge on any atom is 0.289 e. The van der Waals surface area contributed by atoms with Crippen molar-refractivity contribution in [3.8, 4) is 0 Å². The molecule has 1 N–H and O–H groups in total. The Morgan fingerprint density at radius 1 is 1.48 bits per heavy atom. The average molecular weight is 348 g/mol. The van der Waals surface area contributed by atoms with Crippen LogP contribution in [0.2, 0.25) is 5.02 Å². The van der Waals surface area contributed by atoms with Gasteiger partial charge < -0.3 is 0 Å². The summed E-state index contributed by atoms with van der Waals surface area (Å²) in [6.07, 6.45) is 1.64. The van der Waals surface area contributed by atoms with Crippen molar-refractivity contribution in [2.24, 2.45) is 0 Å². The molecule has 0 saturated carbocycles. The molecule has 0 fully saturated rings. The zero-order valence-electron chi connectivity index (χ0n) is 10.7. The minimum absolute atomic E-state index is 0.0251. The number of nitrogens with zero attached hydrogens (tertiary/aromatic N) is 2. The number of nitro groups is 1. The van der Waals surface area contributed by atoms with Crippen LogP contribution in [0.4, 0.5) is 5.69 Å². The van der Waals surface area contributed by atoms with Crippen molar-refractivity contribution in [1.82, 2.24) is 9.71 Å². The van der Waals surface area contributed by atoms with Gasteiger partial charge in [-0.05, 0) is 19.1 Å². The van der Waals surface area contributed by atoms with Crippen LogP contribution < -0.4 is 4.72 Å². The van der Waals surface area contributed by atoms with Gasteiger partial charge in [0.25, 0.3) is 5.69 Å². The first-order valence-electron chi connectivity index (χ1n) is 5.64. The average Bonchev–Trinajstić information content (AvgIpc) is 2.82. The molecular weight excluding hydrogens is 338 g/mol. The van der Waals surface area contributed by atoms with Crippen LogP contribution in [-0.2, 0) is 16.6 Å². The number of rotatable bonds is 5. The highest BCUT2D eigenvalue weighted by atomic mass is 35.5. The lowest BCUT2D eigenvalue weighted by molar-refractivity contribution is -0.384. The lowest BCUT2D eigenvalue weighted by Gasteiger charge is -2.05. The van der Waals surface area contributed by atoms with E-state index in [-0.39, 0.29) is 16.5 Å². The highest BCUT2D eigenvalue weighted by Crippen LogP contribution is 2.27. The van der Waals surface area contributed by atoms with E-state index in [0.29, 0.717) is 5.01 Å². The van der Waals surface area contributed by atoms with Gasteiger partial charge in [0.2, 0.25) is 10.0 Å². The van der Waals surface area contributed by atoms with Gasteiger partial charge in [0.15, 0.2) is 0 Å². The van der Waals surface area contributed by atoms with E-state index >= 15 is 0 Å². The van der Waals surface area contributed by atoms with Crippen LogP contribution >= 0.6 is 22.9 Å². The summed E-state index contributed by atoms with van der Waals surface area (Å²) in [7, 11) is -3.87. The molecular formula is C11H10ClN3O4S2. The fraction of sp³-hybridized carbons (Fsp3) is 0.182. The number of hydrogen-bond donors (Lipinski definition) is 1. The van der Waals surface area contributed by atoms with Crippen LogP contribution in [0.1, 0.15) is 9.88 Å². The van der Waals surface area contributed by atoms with Crippen LogP contribution in [0, 0.1) is 17.0 Å². The van der Waals surface area contributed by atoms with Crippen LogP contribution in [0.5, 0.6) is 0 Å². The van der Waals surface area contributed by atoms with Gasteiger partial charge in [0.05, 0.1) is 16.4 Å². The molecule has 10 heteroatoms. The van der Waals surface area contributed by atoms with E-state index in [2.05, 4.69) is 9.71 Å². The first-order chi connectivity index (χ1) is 9.79. The molecule has 0 atom stereocenters. The maximum absolute atomic E-state index is 12.1. The molecule has 2 aromatic rings. The molecule has 0 radical (unpaired) electrons. The van der Waals surface area contributed by atoms with Gasteiger partial charge in [-0.25, -0.2) is 18.1 Å². The molecule has 0 amide bonds. The molecule has 0 aliphatic carbocycles. The Balaban J connectivity index is 2.23. The Morgan fingerprint density at radius 2 is 2.19 bits per heavy atom. The third-order valence-corrected chi connectivity index (χ3v) is 5.14. The van der Waals surface area contributed by atoms with Crippen molar-refractivity contribution < 1.29 is 13.3 Å². The fourth-order valence-corrected chi connectivity index (χ4v) is 3.53. The predicted molar refractivity (Wildman–Crippen MR) is 79.0 cm³/mol. The van der Waals surface area contributed by atoms with E-state index in [1.54, 1.807) is 6.20 Å². The van der Waals surface area contributed by atoms with Crippen LogP contribution in [0.15, 0.2) is 29.3 Å². The summed E-state index contributed by atoms with van der Waals surface area (Å²) >= 11 is 7.02. The molecule has 1 aromatic carbocycles. The minimum Gasteiger partial charge on any atom is -0.258 e. The monoisotopic (exact) mass is 347 g/mol. The van der Waals surface area contributed by atoms with Gasteiger partial charge in [-0.1, -0.05) is 11.6 Å². The summed E-state index contributed by atoms with van der Waals surface area (Å²) in [6.45, 7) is 1.88. The summed E-state index contributed by atoms with van der Waals surface area (Å²) < 4.78 is 26.5. The molecule has 0 unspecified atom stereocenters. The first kappa shape index (κ1) is 15.8. The molecule has 0 aliphatic heterocycles. The summed E-state index contributed by atoms with van der Waals surface area (Å²) in [6, 6.07) is 3.32. The number of aromatic nitrogens is 1. The van der Waals surface area contributed by atoms with Crippen molar-refractivity contribution in [2.75, 3.05) is 0 Å². The Morgan fingerprint density at radius 3 is 2.76 bits per heavy atom. The van der Waals surface area contributed by atoms with E-state index in [4.69, 9.17) is 11.6 Å². The lowest BCUT2D eigenvalue weighted by atomic mass is 10.3. The first-order valence-corrected chi connectivity index (χ1v) is 8.32. The van der Waals surface area contributed by atoms with E-state index in [9.17, 15) is 18.5 Å². The number of aryl methyl sites for hydroxylation is 1. The third-order valence-electron chi connectivity index (χ3n) is 2.51. The topological polar surface area (TPSA) is 102 Å². The normalized spacial score (nSPS) is 11.5. The molecule has 2 rings (SSSR count). The summed E-state index contributed by atoms with van der Waals surface area (Å²) in [5, 5.41) is 11.3. The van der Waals surface area contributed by atoms with Crippen molar-refractivity contribution in [1.29, 1.82) is 0 Å². The Bertz CT molecular complexity index is 789. The number of benzene rings is 1. The molecule has 1 heterocycles. The SMILES string of the molecule is Cc1cnc(CNS(=O)(=O)c2ccc(Cl)c([N+](=O)[O-])c2)s1. The Kier molecular flexibility index (Phi) is 4.57. The van der Waals surface area contributed by atoms with Gasteiger partial charge in [0.1, 0.15) is 10.0 Å². The Hall–Kier alpha value is -1.55. The zero-order chi connectivity index (χ0) is 15.6.